The molecular formula is C19H26N6O2. The molecule has 8 nitrogen and oxygen atoms in total. The van der Waals surface area contributed by atoms with Gasteiger partial charge in [0.05, 0.1) is 0 Å². The number of carbonyl (C=O) groups excluding carboxylic acids is 1. The van der Waals surface area contributed by atoms with Gasteiger partial charge in [-0.1, -0.05) is 0 Å². The molecule has 6 heterocycles. The zero-order valence-electron chi connectivity index (χ0n) is 15.7. The fourth-order valence-electron chi connectivity index (χ4n) is 5.00. The second-order valence-electron chi connectivity index (χ2n) is 8.14. The fourth-order valence-corrected chi connectivity index (χ4v) is 5.00. The largest absolute Gasteiger partial charge is 0.336 e. The van der Waals surface area contributed by atoms with Crippen molar-refractivity contribution in [2.24, 2.45) is 5.92 Å². The zero-order chi connectivity index (χ0) is 18.5. The first kappa shape index (κ1) is 16.9. The van der Waals surface area contributed by atoms with Crippen LogP contribution in [0.3, 0.4) is 0 Å². The monoisotopic (exact) mass is 370 g/mol. The van der Waals surface area contributed by atoms with Gasteiger partial charge in [0.2, 0.25) is 0 Å². The van der Waals surface area contributed by atoms with Crippen LogP contribution in [0.25, 0.3) is 5.65 Å². The highest BCUT2D eigenvalue weighted by atomic mass is 16.2. The highest BCUT2D eigenvalue weighted by molar-refractivity contribution is 5.93. The van der Waals surface area contributed by atoms with Crippen molar-refractivity contribution in [3.8, 4) is 0 Å². The molecule has 144 valence electrons. The number of nitrogens with zero attached hydrogens (tertiary/aromatic N) is 5. The molecule has 0 aliphatic carbocycles. The number of hydrogen-bond acceptors (Lipinski definition) is 5. The van der Waals surface area contributed by atoms with Crippen molar-refractivity contribution >= 4 is 11.6 Å². The number of carbonyl (C=O) groups is 1. The average Bonchev–Trinajstić information content (AvgIpc) is 3.10. The maximum Gasteiger partial charge on any atom is 0.285 e. The minimum absolute atomic E-state index is 0.144. The Morgan fingerprint density at radius 3 is 2.56 bits per heavy atom. The van der Waals surface area contributed by atoms with Crippen LogP contribution >= 0.6 is 0 Å². The van der Waals surface area contributed by atoms with E-state index < -0.39 is 0 Å². The van der Waals surface area contributed by atoms with Crippen molar-refractivity contribution in [3.63, 3.8) is 0 Å². The summed E-state index contributed by atoms with van der Waals surface area (Å²) in [5.41, 5.74) is 1.21. The molecule has 0 aromatic carbocycles. The number of nitrogens with one attached hydrogen (secondary N) is 1. The van der Waals surface area contributed by atoms with Gasteiger partial charge >= 0.3 is 0 Å². The summed E-state index contributed by atoms with van der Waals surface area (Å²) >= 11 is 0. The highest BCUT2D eigenvalue weighted by Crippen LogP contribution is 2.31. The lowest BCUT2D eigenvalue weighted by Crippen LogP contribution is -2.61. The SMILES string of the molecule is Cc1cc2ncc(C(=O)N3CCN([C@H]4CN5CCC4CC5)CC3)c(=O)n2[nH]1. The average molecular weight is 370 g/mol. The minimum Gasteiger partial charge on any atom is -0.336 e. The molecular weight excluding hydrogens is 344 g/mol. The summed E-state index contributed by atoms with van der Waals surface area (Å²) in [5.74, 6) is 0.604. The van der Waals surface area contributed by atoms with Crippen molar-refractivity contribution in [1.82, 2.24) is 29.3 Å². The molecule has 2 bridgehead atoms. The minimum atomic E-state index is -0.321. The predicted octanol–water partition coefficient (Wildman–Crippen LogP) is 0.183. The van der Waals surface area contributed by atoms with Gasteiger partial charge in [-0.15, -0.1) is 0 Å². The van der Waals surface area contributed by atoms with Crippen molar-refractivity contribution in [1.29, 1.82) is 0 Å². The second kappa shape index (κ2) is 6.45. The van der Waals surface area contributed by atoms with Gasteiger partial charge in [0.15, 0.2) is 5.65 Å². The number of H-pyrrole nitrogens is 1. The third kappa shape index (κ3) is 2.87. The Hall–Kier alpha value is -2.19. The molecule has 27 heavy (non-hydrogen) atoms. The number of aryl methyl sites for hydroxylation is 1. The van der Waals surface area contributed by atoms with Crippen LogP contribution in [0.1, 0.15) is 28.9 Å². The Bertz CT molecular complexity index is 918. The lowest BCUT2D eigenvalue weighted by Gasteiger charge is -2.51. The molecule has 1 atom stereocenters. The molecule has 6 rings (SSSR count). The van der Waals surface area contributed by atoms with E-state index in [1.165, 1.54) is 43.2 Å². The van der Waals surface area contributed by atoms with Crippen LogP contribution in [0.15, 0.2) is 17.1 Å². The molecule has 4 aliphatic heterocycles. The van der Waals surface area contributed by atoms with E-state index in [9.17, 15) is 9.59 Å². The summed E-state index contributed by atoms with van der Waals surface area (Å²) in [6.45, 7) is 8.66. The number of aromatic nitrogens is 3. The number of aromatic amines is 1. The highest BCUT2D eigenvalue weighted by Gasteiger charge is 2.38. The Kier molecular flexibility index (Phi) is 4.05. The van der Waals surface area contributed by atoms with Crippen LogP contribution in [-0.4, -0.2) is 87.1 Å². The second-order valence-corrected chi connectivity index (χ2v) is 8.14. The van der Waals surface area contributed by atoms with Gasteiger partial charge in [-0.3, -0.25) is 19.6 Å². The molecule has 0 unspecified atom stereocenters. The Morgan fingerprint density at radius 2 is 1.89 bits per heavy atom. The van der Waals surface area contributed by atoms with E-state index >= 15 is 0 Å². The summed E-state index contributed by atoms with van der Waals surface area (Å²) in [6.07, 6.45) is 4.04. The lowest BCUT2D eigenvalue weighted by atomic mass is 9.83. The van der Waals surface area contributed by atoms with E-state index in [1.54, 1.807) is 11.0 Å². The van der Waals surface area contributed by atoms with Crippen molar-refractivity contribution in [2.75, 3.05) is 45.8 Å². The summed E-state index contributed by atoms with van der Waals surface area (Å²) < 4.78 is 1.35. The topological polar surface area (TPSA) is 77.0 Å². The van der Waals surface area contributed by atoms with Gasteiger partial charge in [-0.05, 0) is 38.8 Å². The van der Waals surface area contributed by atoms with Gasteiger partial charge < -0.3 is 9.80 Å². The maximum atomic E-state index is 12.9. The van der Waals surface area contributed by atoms with Crippen LogP contribution in [0.2, 0.25) is 0 Å². The third-order valence-electron chi connectivity index (χ3n) is 6.54. The number of piperidine rings is 3. The van der Waals surface area contributed by atoms with E-state index in [0.29, 0.717) is 24.8 Å². The van der Waals surface area contributed by atoms with Gasteiger partial charge in [0.1, 0.15) is 5.56 Å². The standard InChI is InChI=1S/C19H26N6O2/c1-13-10-17-20-11-15(19(27)25(17)21-13)18(26)24-8-6-23(7-9-24)16-12-22-4-2-14(16)3-5-22/h10-11,14,16,21H,2-9,12H2,1H3/t16-/m0/s1. The van der Waals surface area contributed by atoms with Crippen molar-refractivity contribution in [2.45, 2.75) is 25.8 Å². The summed E-state index contributed by atoms with van der Waals surface area (Å²) in [4.78, 5) is 36.8. The molecule has 1 N–H and O–H groups in total. The van der Waals surface area contributed by atoms with Gasteiger partial charge in [0, 0.05) is 56.7 Å². The van der Waals surface area contributed by atoms with Crippen molar-refractivity contribution in [3.05, 3.63) is 33.9 Å². The first-order valence-electron chi connectivity index (χ1n) is 9.93. The lowest BCUT2D eigenvalue weighted by molar-refractivity contribution is -0.0131. The normalized spacial score (nSPS) is 28.8. The molecule has 4 aliphatic rings. The molecule has 0 saturated carbocycles. The third-order valence-corrected chi connectivity index (χ3v) is 6.54. The van der Waals surface area contributed by atoms with E-state index in [0.717, 1.165) is 24.7 Å². The molecule has 4 saturated heterocycles. The molecule has 4 fully saturated rings. The van der Waals surface area contributed by atoms with E-state index in [1.807, 2.05) is 6.92 Å². The predicted molar refractivity (Wildman–Crippen MR) is 101 cm³/mol. The van der Waals surface area contributed by atoms with Crippen LogP contribution < -0.4 is 5.56 Å². The number of piperazine rings is 1. The zero-order valence-corrected chi connectivity index (χ0v) is 15.7. The molecule has 2 aromatic heterocycles. The van der Waals surface area contributed by atoms with E-state index in [2.05, 4.69) is 19.9 Å². The summed E-state index contributed by atoms with van der Waals surface area (Å²) in [7, 11) is 0. The fraction of sp³-hybridized carbons (Fsp3) is 0.632. The van der Waals surface area contributed by atoms with Crippen LogP contribution in [0.5, 0.6) is 0 Å². The molecule has 2 aromatic rings. The maximum absolute atomic E-state index is 12.9. The number of fused-ring (bicyclic) bond motifs is 4. The first-order chi connectivity index (χ1) is 13.1. The Labute approximate surface area is 157 Å². The molecule has 0 radical (unpaired) electrons. The van der Waals surface area contributed by atoms with Gasteiger partial charge in [0.25, 0.3) is 11.5 Å². The molecule has 8 heteroatoms. The van der Waals surface area contributed by atoms with E-state index in [4.69, 9.17) is 0 Å². The number of rotatable bonds is 2. The summed E-state index contributed by atoms with van der Waals surface area (Å²) in [5, 5.41) is 2.95. The number of amides is 1. The molecule has 0 spiro atoms. The first-order valence-corrected chi connectivity index (χ1v) is 9.93. The van der Waals surface area contributed by atoms with Crippen molar-refractivity contribution < 1.29 is 4.79 Å². The van der Waals surface area contributed by atoms with Gasteiger partial charge in [-0.2, -0.15) is 0 Å². The van der Waals surface area contributed by atoms with Crippen LogP contribution in [-0.2, 0) is 0 Å². The van der Waals surface area contributed by atoms with Gasteiger partial charge in [-0.25, -0.2) is 9.50 Å². The number of hydrogen-bond donors (Lipinski definition) is 1. The summed E-state index contributed by atoms with van der Waals surface area (Å²) in [6, 6.07) is 2.43. The van der Waals surface area contributed by atoms with Crippen LogP contribution in [0.4, 0.5) is 0 Å². The smallest absolute Gasteiger partial charge is 0.285 e. The molecule has 1 amide bonds. The Morgan fingerprint density at radius 1 is 1.15 bits per heavy atom. The van der Waals surface area contributed by atoms with E-state index in [-0.39, 0.29) is 17.0 Å². The quantitative estimate of drug-likeness (QED) is 0.816. The Balaban J connectivity index is 1.29. The van der Waals surface area contributed by atoms with Crippen LogP contribution in [0, 0.1) is 12.8 Å².